The molecule has 142 valence electrons. The first-order valence-corrected chi connectivity index (χ1v) is 9.84. The Bertz CT molecular complexity index is 921. The molecule has 27 heavy (non-hydrogen) atoms. The van der Waals surface area contributed by atoms with E-state index < -0.39 is 6.10 Å². The monoisotopic (exact) mass is 385 g/mol. The van der Waals surface area contributed by atoms with Crippen LogP contribution in [0.4, 0.5) is 0 Å². The number of carbonyl (C=O) groups excluding carboxylic acids is 1. The van der Waals surface area contributed by atoms with Crippen molar-refractivity contribution in [1.82, 2.24) is 5.32 Å². The van der Waals surface area contributed by atoms with Gasteiger partial charge in [-0.25, -0.2) is 0 Å². The predicted molar refractivity (Wildman–Crippen MR) is 108 cm³/mol. The fraction of sp³-hybridized carbons (Fsp3) is 0.286. The lowest BCUT2D eigenvalue weighted by atomic mass is 10.1. The highest BCUT2D eigenvalue weighted by Gasteiger charge is 2.16. The van der Waals surface area contributed by atoms with Crippen LogP contribution >= 0.6 is 11.3 Å². The molecule has 1 amide bonds. The number of ether oxygens (including phenoxy) is 2. The summed E-state index contributed by atoms with van der Waals surface area (Å²) < 4.78 is 12.2. The molecule has 5 nitrogen and oxygen atoms in total. The highest BCUT2D eigenvalue weighted by atomic mass is 32.1. The Morgan fingerprint density at radius 1 is 1.11 bits per heavy atom. The van der Waals surface area contributed by atoms with Crippen LogP contribution in [0.15, 0.2) is 47.8 Å². The lowest BCUT2D eigenvalue weighted by molar-refractivity contribution is 0.0916. The summed E-state index contributed by atoms with van der Waals surface area (Å²) >= 11 is 1.58. The molecule has 0 bridgehead atoms. The SMILES string of the molecule is CCOc1ccc(C(=O)NCC(O)c2csc3ccccc23)cc1OCC. The van der Waals surface area contributed by atoms with Crippen LogP contribution in [-0.4, -0.2) is 30.8 Å². The normalized spacial score (nSPS) is 12.0. The van der Waals surface area contributed by atoms with E-state index in [1.165, 1.54) is 0 Å². The highest BCUT2D eigenvalue weighted by Crippen LogP contribution is 2.30. The molecule has 0 aliphatic heterocycles. The summed E-state index contributed by atoms with van der Waals surface area (Å²) in [6.07, 6.45) is -0.765. The van der Waals surface area contributed by atoms with E-state index in [2.05, 4.69) is 5.32 Å². The summed E-state index contributed by atoms with van der Waals surface area (Å²) in [6, 6.07) is 13.0. The molecular formula is C21H23NO4S. The van der Waals surface area contributed by atoms with E-state index in [-0.39, 0.29) is 12.5 Å². The molecule has 0 fully saturated rings. The molecule has 1 unspecified atom stereocenters. The van der Waals surface area contributed by atoms with Crippen molar-refractivity contribution in [3.8, 4) is 11.5 Å². The second-order valence-electron chi connectivity index (χ2n) is 5.94. The molecular weight excluding hydrogens is 362 g/mol. The number of benzene rings is 2. The van der Waals surface area contributed by atoms with Gasteiger partial charge in [0.05, 0.1) is 19.3 Å². The van der Waals surface area contributed by atoms with Gasteiger partial charge in [-0.3, -0.25) is 4.79 Å². The van der Waals surface area contributed by atoms with Crippen LogP contribution in [0.25, 0.3) is 10.1 Å². The maximum absolute atomic E-state index is 12.5. The van der Waals surface area contributed by atoms with Gasteiger partial charge in [0.1, 0.15) is 0 Å². The number of fused-ring (bicyclic) bond motifs is 1. The largest absolute Gasteiger partial charge is 0.490 e. The summed E-state index contributed by atoms with van der Waals surface area (Å²) in [4.78, 5) is 12.5. The van der Waals surface area contributed by atoms with Crippen molar-refractivity contribution in [2.75, 3.05) is 19.8 Å². The van der Waals surface area contributed by atoms with E-state index >= 15 is 0 Å². The van der Waals surface area contributed by atoms with E-state index in [4.69, 9.17) is 9.47 Å². The van der Waals surface area contributed by atoms with Gasteiger partial charge in [-0.05, 0) is 48.9 Å². The number of carbonyl (C=O) groups is 1. The lowest BCUT2D eigenvalue weighted by Crippen LogP contribution is -2.28. The van der Waals surface area contributed by atoms with Crippen molar-refractivity contribution in [2.45, 2.75) is 20.0 Å². The molecule has 0 aliphatic rings. The minimum absolute atomic E-state index is 0.136. The van der Waals surface area contributed by atoms with E-state index in [0.29, 0.717) is 30.3 Å². The van der Waals surface area contributed by atoms with E-state index in [1.807, 2.05) is 43.5 Å². The molecule has 3 aromatic rings. The molecule has 3 rings (SSSR count). The van der Waals surface area contributed by atoms with Crippen LogP contribution < -0.4 is 14.8 Å². The standard InChI is InChI=1S/C21H23NO4S/c1-3-25-18-10-9-14(11-19(18)26-4-2)21(24)22-12-17(23)16-13-27-20-8-6-5-7-15(16)20/h5-11,13,17,23H,3-4,12H2,1-2H3,(H,22,24). The molecule has 0 saturated heterocycles. The average molecular weight is 385 g/mol. The number of nitrogens with one attached hydrogen (secondary N) is 1. The first-order chi connectivity index (χ1) is 13.1. The Balaban J connectivity index is 1.69. The lowest BCUT2D eigenvalue weighted by Gasteiger charge is -2.14. The van der Waals surface area contributed by atoms with Gasteiger partial charge in [0.25, 0.3) is 5.91 Å². The van der Waals surface area contributed by atoms with E-state index in [9.17, 15) is 9.90 Å². The molecule has 2 N–H and O–H groups in total. The summed E-state index contributed by atoms with van der Waals surface area (Å²) in [6.45, 7) is 4.91. The minimum atomic E-state index is -0.765. The Kier molecular flexibility index (Phi) is 6.32. The maximum atomic E-state index is 12.5. The minimum Gasteiger partial charge on any atom is -0.490 e. The maximum Gasteiger partial charge on any atom is 0.251 e. The van der Waals surface area contributed by atoms with Gasteiger partial charge >= 0.3 is 0 Å². The topological polar surface area (TPSA) is 67.8 Å². The van der Waals surface area contributed by atoms with Crippen molar-refractivity contribution in [1.29, 1.82) is 0 Å². The zero-order valence-corrected chi connectivity index (χ0v) is 16.2. The van der Waals surface area contributed by atoms with Crippen LogP contribution in [0.5, 0.6) is 11.5 Å². The van der Waals surface area contributed by atoms with Crippen LogP contribution in [0.3, 0.4) is 0 Å². The van der Waals surface area contributed by atoms with Crippen molar-refractivity contribution >= 4 is 27.3 Å². The first-order valence-electron chi connectivity index (χ1n) is 8.96. The van der Waals surface area contributed by atoms with Crippen molar-refractivity contribution < 1.29 is 19.4 Å². The van der Waals surface area contributed by atoms with E-state index in [1.54, 1.807) is 29.5 Å². The Labute approximate surface area is 162 Å². The molecule has 0 radical (unpaired) electrons. The van der Waals surface area contributed by atoms with Crippen molar-refractivity contribution in [2.24, 2.45) is 0 Å². The van der Waals surface area contributed by atoms with Crippen LogP contribution in [0, 0.1) is 0 Å². The number of amides is 1. The molecule has 6 heteroatoms. The fourth-order valence-electron chi connectivity index (χ4n) is 2.85. The van der Waals surface area contributed by atoms with Gasteiger partial charge in [0.15, 0.2) is 11.5 Å². The smallest absolute Gasteiger partial charge is 0.251 e. The molecule has 0 spiro atoms. The Morgan fingerprint density at radius 2 is 1.85 bits per heavy atom. The number of aliphatic hydroxyl groups excluding tert-OH is 1. The Morgan fingerprint density at radius 3 is 2.63 bits per heavy atom. The molecule has 1 aromatic heterocycles. The molecule has 0 saturated carbocycles. The van der Waals surface area contributed by atoms with Crippen molar-refractivity contribution in [3.63, 3.8) is 0 Å². The van der Waals surface area contributed by atoms with E-state index in [0.717, 1.165) is 15.6 Å². The van der Waals surface area contributed by atoms with Gasteiger partial charge in [-0.1, -0.05) is 18.2 Å². The third-order valence-corrected chi connectivity index (χ3v) is 5.11. The summed E-state index contributed by atoms with van der Waals surface area (Å²) in [5, 5.41) is 16.2. The zero-order valence-electron chi connectivity index (χ0n) is 15.4. The molecule has 0 aliphatic carbocycles. The number of hydrogen-bond acceptors (Lipinski definition) is 5. The number of hydrogen-bond donors (Lipinski definition) is 2. The van der Waals surface area contributed by atoms with Crippen LogP contribution in [0.2, 0.25) is 0 Å². The zero-order chi connectivity index (χ0) is 19.2. The summed E-state index contributed by atoms with van der Waals surface area (Å²) in [7, 11) is 0. The molecule has 1 atom stereocenters. The number of rotatable bonds is 8. The van der Waals surface area contributed by atoms with Gasteiger partial charge in [-0.2, -0.15) is 0 Å². The predicted octanol–water partition coefficient (Wildman–Crippen LogP) is 4.16. The number of thiophene rings is 1. The Hall–Kier alpha value is -2.57. The molecule has 2 aromatic carbocycles. The first kappa shape index (κ1) is 19.2. The summed E-state index contributed by atoms with van der Waals surface area (Å²) in [5.41, 5.74) is 1.29. The number of aliphatic hydroxyl groups is 1. The van der Waals surface area contributed by atoms with Crippen LogP contribution in [0.1, 0.15) is 35.9 Å². The van der Waals surface area contributed by atoms with Gasteiger partial charge in [-0.15, -0.1) is 11.3 Å². The third kappa shape index (κ3) is 4.40. The van der Waals surface area contributed by atoms with Gasteiger partial charge < -0.3 is 19.9 Å². The summed E-state index contributed by atoms with van der Waals surface area (Å²) in [5.74, 6) is 0.884. The fourth-order valence-corrected chi connectivity index (χ4v) is 3.86. The van der Waals surface area contributed by atoms with Crippen molar-refractivity contribution in [3.05, 3.63) is 59.0 Å². The third-order valence-electron chi connectivity index (χ3n) is 4.13. The van der Waals surface area contributed by atoms with Gasteiger partial charge in [0, 0.05) is 22.4 Å². The van der Waals surface area contributed by atoms with Gasteiger partial charge in [0.2, 0.25) is 0 Å². The highest BCUT2D eigenvalue weighted by molar-refractivity contribution is 7.17. The second-order valence-corrected chi connectivity index (χ2v) is 6.85. The quantitative estimate of drug-likeness (QED) is 0.611. The van der Waals surface area contributed by atoms with Crippen LogP contribution in [-0.2, 0) is 0 Å². The molecule has 1 heterocycles. The second kappa shape index (κ2) is 8.88. The average Bonchev–Trinajstić information content (AvgIpc) is 3.12.